The Morgan fingerprint density at radius 1 is 0.778 bits per heavy atom. The van der Waals surface area contributed by atoms with E-state index in [2.05, 4.69) is 37.3 Å². The molecule has 0 amide bonds. The first kappa shape index (κ1) is 15.7. The maximum Gasteiger partial charge on any atom is -0.0242 e. The molecule has 1 heteroatoms. The van der Waals surface area contributed by atoms with Gasteiger partial charge < -0.3 is 0 Å². The van der Waals surface area contributed by atoms with E-state index < -0.39 is 0 Å². The van der Waals surface area contributed by atoms with Crippen molar-refractivity contribution in [3.05, 3.63) is 35.9 Å². The Labute approximate surface area is 115 Å². The minimum Gasteiger partial charge on any atom is -0.122 e. The van der Waals surface area contributed by atoms with Gasteiger partial charge in [-0.3, -0.25) is 0 Å². The van der Waals surface area contributed by atoms with Crippen LogP contribution in [0, 0.1) is 0 Å². The van der Waals surface area contributed by atoms with E-state index in [1.807, 2.05) is 0 Å². The van der Waals surface area contributed by atoms with Gasteiger partial charge in [0.1, 0.15) is 0 Å². The Bertz CT molecular complexity index is 268. The zero-order valence-corrected chi connectivity index (χ0v) is 13.0. The van der Waals surface area contributed by atoms with Crippen LogP contribution >= 0.6 is 8.58 Å². The van der Waals surface area contributed by atoms with Gasteiger partial charge in [0.25, 0.3) is 0 Å². The second-order valence-corrected chi connectivity index (χ2v) is 6.61. The average Bonchev–Trinajstić information content (AvgIpc) is 2.42. The summed E-state index contributed by atoms with van der Waals surface area (Å²) in [6, 6.07) is 10.9. The highest BCUT2D eigenvalue weighted by molar-refractivity contribution is 7.37. The maximum atomic E-state index is 2.29. The van der Waals surface area contributed by atoms with E-state index in [4.69, 9.17) is 0 Å². The van der Waals surface area contributed by atoms with Crippen molar-refractivity contribution in [2.45, 2.75) is 58.3 Å². The molecule has 0 heterocycles. The first-order chi connectivity index (χ1) is 8.93. The van der Waals surface area contributed by atoms with Gasteiger partial charge in [-0.2, -0.15) is 0 Å². The van der Waals surface area contributed by atoms with Crippen molar-refractivity contribution in [2.75, 3.05) is 12.3 Å². The van der Waals surface area contributed by atoms with Crippen LogP contribution in [0.25, 0.3) is 0 Å². The van der Waals surface area contributed by atoms with Crippen molar-refractivity contribution in [3.63, 3.8) is 0 Å². The molecule has 0 aliphatic heterocycles. The molecule has 1 atom stereocenters. The van der Waals surface area contributed by atoms with Gasteiger partial charge in [-0.25, -0.2) is 0 Å². The number of rotatable bonds is 11. The molecular formula is C17H29P. The molecule has 0 aliphatic carbocycles. The molecule has 1 aromatic carbocycles. The van der Waals surface area contributed by atoms with Gasteiger partial charge in [0.2, 0.25) is 0 Å². The summed E-state index contributed by atoms with van der Waals surface area (Å²) < 4.78 is 0. The molecule has 0 N–H and O–H groups in total. The molecule has 1 aromatic rings. The van der Waals surface area contributed by atoms with Gasteiger partial charge in [-0.05, 0) is 30.7 Å². The summed E-state index contributed by atoms with van der Waals surface area (Å²) in [5, 5.41) is 0. The standard InChI is InChI=1S/C17H29P/c1-2-3-4-5-6-7-11-15-18-16-14-17-12-9-8-10-13-17/h8-10,12-13,18H,2-7,11,14-16H2,1H3. The molecule has 1 unspecified atom stereocenters. The normalized spacial score (nSPS) is 11.4. The zero-order chi connectivity index (χ0) is 12.9. The predicted octanol–water partition coefficient (Wildman–Crippen LogP) is 5.66. The monoisotopic (exact) mass is 264 g/mol. The van der Waals surface area contributed by atoms with Crippen molar-refractivity contribution >= 4 is 8.58 Å². The molecule has 0 spiro atoms. The van der Waals surface area contributed by atoms with Crippen LogP contribution in [0.5, 0.6) is 0 Å². The van der Waals surface area contributed by atoms with Crippen LogP contribution in [0.3, 0.4) is 0 Å². The second-order valence-electron chi connectivity index (χ2n) is 5.11. The smallest absolute Gasteiger partial charge is 0.0242 e. The Kier molecular flexibility index (Phi) is 10.2. The first-order valence-electron chi connectivity index (χ1n) is 7.68. The minimum atomic E-state index is 1.17. The lowest BCUT2D eigenvalue weighted by atomic mass is 10.1. The van der Waals surface area contributed by atoms with E-state index >= 15 is 0 Å². The summed E-state index contributed by atoms with van der Waals surface area (Å²) in [6.45, 7) is 2.29. The predicted molar refractivity (Wildman–Crippen MR) is 86.2 cm³/mol. The molecule has 0 radical (unpaired) electrons. The highest BCUT2D eigenvalue weighted by Crippen LogP contribution is 2.16. The van der Waals surface area contributed by atoms with Gasteiger partial charge in [0, 0.05) is 0 Å². The molecular weight excluding hydrogens is 235 g/mol. The highest BCUT2D eigenvalue weighted by atomic mass is 31.1. The molecule has 102 valence electrons. The lowest BCUT2D eigenvalue weighted by molar-refractivity contribution is 0.603. The van der Waals surface area contributed by atoms with Crippen LogP contribution in [0.1, 0.15) is 57.4 Å². The van der Waals surface area contributed by atoms with Crippen LogP contribution in [0.2, 0.25) is 0 Å². The van der Waals surface area contributed by atoms with Crippen molar-refractivity contribution < 1.29 is 0 Å². The van der Waals surface area contributed by atoms with E-state index in [-0.39, 0.29) is 0 Å². The third kappa shape index (κ3) is 8.70. The van der Waals surface area contributed by atoms with Crippen molar-refractivity contribution in [1.82, 2.24) is 0 Å². The van der Waals surface area contributed by atoms with E-state index in [0.717, 1.165) is 0 Å². The third-order valence-corrected chi connectivity index (χ3v) is 4.70. The zero-order valence-electron chi connectivity index (χ0n) is 12.0. The number of hydrogen-bond donors (Lipinski definition) is 0. The lowest BCUT2D eigenvalue weighted by Crippen LogP contribution is -1.88. The molecule has 18 heavy (non-hydrogen) atoms. The van der Waals surface area contributed by atoms with Gasteiger partial charge >= 0.3 is 0 Å². The molecule has 0 fully saturated rings. The van der Waals surface area contributed by atoms with Crippen LogP contribution in [-0.2, 0) is 6.42 Å². The molecule has 0 aliphatic rings. The minimum absolute atomic E-state index is 1.17. The topological polar surface area (TPSA) is 0 Å². The fourth-order valence-electron chi connectivity index (χ4n) is 2.21. The average molecular weight is 264 g/mol. The maximum absolute atomic E-state index is 2.29. The lowest BCUT2D eigenvalue weighted by Gasteiger charge is -2.03. The number of unbranched alkanes of at least 4 members (excludes halogenated alkanes) is 6. The molecule has 0 bridgehead atoms. The quantitative estimate of drug-likeness (QED) is 0.357. The van der Waals surface area contributed by atoms with Crippen LogP contribution in [0.4, 0.5) is 0 Å². The summed E-state index contributed by atoms with van der Waals surface area (Å²) in [5.41, 5.74) is 1.50. The Balaban J connectivity index is 1.82. The molecule has 0 nitrogen and oxygen atoms in total. The van der Waals surface area contributed by atoms with Crippen molar-refractivity contribution in [3.8, 4) is 0 Å². The van der Waals surface area contributed by atoms with Crippen LogP contribution in [-0.4, -0.2) is 12.3 Å². The summed E-state index contributed by atoms with van der Waals surface area (Å²) in [6.07, 6.45) is 14.2. The second kappa shape index (κ2) is 11.7. The Morgan fingerprint density at radius 2 is 1.44 bits per heavy atom. The summed E-state index contributed by atoms with van der Waals surface area (Å²) in [7, 11) is 1.17. The van der Waals surface area contributed by atoms with Crippen LogP contribution in [0.15, 0.2) is 30.3 Å². The Hall–Kier alpha value is -0.350. The number of benzene rings is 1. The molecule has 0 saturated carbocycles. The molecule has 0 saturated heterocycles. The number of aryl methyl sites for hydroxylation is 1. The fourth-order valence-corrected chi connectivity index (χ4v) is 3.42. The van der Waals surface area contributed by atoms with Gasteiger partial charge in [0.05, 0.1) is 0 Å². The third-order valence-electron chi connectivity index (χ3n) is 3.39. The highest BCUT2D eigenvalue weighted by Gasteiger charge is 1.93. The molecule has 0 aromatic heterocycles. The van der Waals surface area contributed by atoms with Crippen LogP contribution < -0.4 is 0 Å². The van der Waals surface area contributed by atoms with E-state index in [1.165, 1.54) is 77.8 Å². The number of hydrogen-bond acceptors (Lipinski definition) is 0. The van der Waals surface area contributed by atoms with E-state index in [0.29, 0.717) is 0 Å². The van der Waals surface area contributed by atoms with Gasteiger partial charge in [-0.1, -0.05) is 75.8 Å². The SMILES string of the molecule is CCCCCCCCCPCCc1ccccc1. The van der Waals surface area contributed by atoms with Crippen molar-refractivity contribution in [1.29, 1.82) is 0 Å². The summed E-state index contributed by atoms with van der Waals surface area (Å²) in [4.78, 5) is 0. The van der Waals surface area contributed by atoms with Gasteiger partial charge in [-0.15, -0.1) is 8.58 Å². The largest absolute Gasteiger partial charge is 0.122 e. The summed E-state index contributed by atoms with van der Waals surface area (Å²) in [5.74, 6) is 0. The summed E-state index contributed by atoms with van der Waals surface area (Å²) >= 11 is 0. The van der Waals surface area contributed by atoms with Gasteiger partial charge in [0.15, 0.2) is 0 Å². The first-order valence-corrected chi connectivity index (χ1v) is 9.09. The van der Waals surface area contributed by atoms with E-state index in [1.54, 1.807) is 0 Å². The Morgan fingerprint density at radius 3 is 2.17 bits per heavy atom. The fraction of sp³-hybridized carbons (Fsp3) is 0.647. The van der Waals surface area contributed by atoms with E-state index in [9.17, 15) is 0 Å². The molecule has 1 rings (SSSR count). The van der Waals surface area contributed by atoms with Crippen molar-refractivity contribution in [2.24, 2.45) is 0 Å².